The molecule has 0 radical (unpaired) electrons. The Hall–Kier alpha value is -2.58. The predicted molar refractivity (Wildman–Crippen MR) is 73.5 cm³/mol. The molecule has 2 rings (SSSR count). The lowest BCUT2D eigenvalue weighted by molar-refractivity contribution is 0.101. The third-order valence-electron chi connectivity index (χ3n) is 2.51. The van der Waals surface area contributed by atoms with Crippen LogP contribution in [0.2, 0.25) is 0 Å². The van der Waals surface area contributed by atoms with Crippen LogP contribution in [0.3, 0.4) is 0 Å². The second-order valence-corrected chi connectivity index (χ2v) is 3.89. The highest BCUT2D eigenvalue weighted by Crippen LogP contribution is 2.08. The fourth-order valence-corrected chi connectivity index (χ4v) is 1.61. The molecule has 0 unspecified atom stereocenters. The summed E-state index contributed by atoms with van der Waals surface area (Å²) in [6.45, 7) is 0.299. The van der Waals surface area contributed by atoms with Gasteiger partial charge in [0, 0.05) is 25.0 Å². The quantitative estimate of drug-likeness (QED) is 0.785. The van der Waals surface area contributed by atoms with Crippen LogP contribution in [0.5, 0.6) is 0 Å². The van der Waals surface area contributed by atoms with Crippen molar-refractivity contribution in [2.75, 3.05) is 11.9 Å². The van der Waals surface area contributed by atoms with E-state index in [1.807, 2.05) is 19.3 Å². The van der Waals surface area contributed by atoms with E-state index in [1.54, 1.807) is 29.0 Å². The van der Waals surface area contributed by atoms with Crippen molar-refractivity contribution in [2.24, 2.45) is 12.8 Å². The van der Waals surface area contributed by atoms with Crippen molar-refractivity contribution in [2.45, 2.75) is 0 Å². The molecular weight excluding hydrogens is 240 g/mol. The molecular formula is C14H14N4O. The van der Waals surface area contributed by atoms with E-state index < -0.39 is 0 Å². The average molecular weight is 254 g/mol. The predicted octanol–water partition coefficient (Wildman–Crippen LogP) is 0.983. The van der Waals surface area contributed by atoms with Crippen LogP contribution in [-0.4, -0.2) is 22.0 Å². The molecule has 0 fully saturated rings. The van der Waals surface area contributed by atoms with Gasteiger partial charge in [-0.2, -0.15) is 0 Å². The Bertz CT molecular complexity index is 649. The van der Waals surface area contributed by atoms with E-state index in [2.05, 4.69) is 22.1 Å². The van der Waals surface area contributed by atoms with Gasteiger partial charge in [-0.1, -0.05) is 11.8 Å². The van der Waals surface area contributed by atoms with Crippen molar-refractivity contribution in [3.63, 3.8) is 0 Å². The Balaban J connectivity index is 2.15. The lowest BCUT2D eigenvalue weighted by atomic mass is 10.2. The molecule has 19 heavy (non-hydrogen) atoms. The maximum Gasteiger partial charge on any atom is 0.273 e. The molecule has 0 aliphatic heterocycles. The normalized spacial score (nSPS) is 9.58. The fraction of sp³-hybridized carbons (Fsp3) is 0.143. The van der Waals surface area contributed by atoms with Crippen molar-refractivity contribution in [3.8, 4) is 11.8 Å². The van der Waals surface area contributed by atoms with Gasteiger partial charge < -0.3 is 15.6 Å². The van der Waals surface area contributed by atoms with E-state index in [0.29, 0.717) is 18.1 Å². The zero-order chi connectivity index (χ0) is 13.7. The number of rotatable bonds is 2. The van der Waals surface area contributed by atoms with Gasteiger partial charge in [0.25, 0.3) is 5.91 Å². The average Bonchev–Trinajstić information content (AvgIpc) is 2.83. The molecule has 5 nitrogen and oxygen atoms in total. The summed E-state index contributed by atoms with van der Waals surface area (Å²) < 4.78 is 1.74. The monoisotopic (exact) mass is 254 g/mol. The molecule has 96 valence electrons. The topological polar surface area (TPSA) is 72.9 Å². The molecule has 1 amide bonds. The van der Waals surface area contributed by atoms with Crippen LogP contribution >= 0.6 is 0 Å². The van der Waals surface area contributed by atoms with Crippen molar-refractivity contribution < 1.29 is 4.79 Å². The van der Waals surface area contributed by atoms with Gasteiger partial charge in [-0.15, -0.1) is 0 Å². The number of hydrogen-bond acceptors (Lipinski definition) is 3. The number of nitrogens with zero attached hydrogens (tertiary/aromatic N) is 2. The van der Waals surface area contributed by atoms with E-state index in [1.165, 1.54) is 0 Å². The first-order valence-corrected chi connectivity index (χ1v) is 5.78. The van der Waals surface area contributed by atoms with Gasteiger partial charge in [-0.25, -0.2) is 4.98 Å². The number of anilines is 1. The molecule has 0 bridgehead atoms. The Morgan fingerprint density at radius 1 is 1.53 bits per heavy atom. The minimum Gasteiger partial charge on any atom is -0.347 e. The molecule has 0 aliphatic rings. The molecule has 0 atom stereocenters. The molecule has 0 spiro atoms. The number of nitrogens with one attached hydrogen (secondary N) is 1. The standard InChI is InChI=1S/C14H14N4O/c1-18-9-3-5-12(18)14(19)17-13-10-11(4-2-7-15)6-8-16-13/h3,5-6,8-10H,7,15H2,1H3,(H,16,17,19). The third kappa shape index (κ3) is 3.21. The van der Waals surface area contributed by atoms with Crippen LogP contribution in [0.15, 0.2) is 36.7 Å². The number of aromatic nitrogens is 2. The number of amides is 1. The molecule has 0 saturated heterocycles. The number of aryl methyl sites for hydroxylation is 1. The van der Waals surface area contributed by atoms with E-state index in [-0.39, 0.29) is 5.91 Å². The minimum absolute atomic E-state index is 0.205. The molecule has 5 heteroatoms. The summed E-state index contributed by atoms with van der Waals surface area (Å²) in [6.07, 6.45) is 3.41. The summed E-state index contributed by atoms with van der Waals surface area (Å²) in [4.78, 5) is 16.1. The first-order chi connectivity index (χ1) is 9.20. The van der Waals surface area contributed by atoms with Gasteiger partial charge in [0.05, 0.1) is 6.54 Å². The zero-order valence-corrected chi connectivity index (χ0v) is 10.6. The second kappa shape index (κ2) is 5.85. The summed E-state index contributed by atoms with van der Waals surface area (Å²) in [5, 5.41) is 2.73. The highest BCUT2D eigenvalue weighted by atomic mass is 16.2. The van der Waals surface area contributed by atoms with E-state index in [0.717, 1.165) is 5.56 Å². The maximum atomic E-state index is 12.0. The zero-order valence-electron chi connectivity index (χ0n) is 10.6. The van der Waals surface area contributed by atoms with Crippen molar-refractivity contribution >= 4 is 11.7 Å². The Kier molecular flexibility index (Phi) is 3.96. The summed E-state index contributed by atoms with van der Waals surface area (Å²) in [6, 6.07) is 7.03. The lowest BCUT2D eigenvalue weighted by Crippen LogP contribution is -2.16. The Morgan fingerprint density at radius 3 is 3.05 bits per heavy atom. The number of carbonyl (C=O) groups is 1. The van der Waals surface area contributed by atoms with Gasteiger partial charge in [0.15, 0.2) is 0 Å². The highest BCUT2D eigenvalue weighted by molar-refractivity contribution is 6.02. The van der Waals surface area contributed by atoms with Crippen molar-refractivity contribution in [1.29, 1.82) is 0 Å². The number of pyridine rings is 1. The molecule has 0 aliphatic carbocycles. The van der Waals surface area contributed by atoms with Crippen molar-refractivity contribution in [1.82, 2.24) is 9.55 Å². The van der Waals surface area contributed by atoms with E-state index >= 15 is 0 Å². The fourth-order valence-electron chi connectivity index (χ4n) is 1.61. The molecule has 2 aromatic heterocycles. The van der Waals surface area contributed by atoms with Crippen molar-refractivity contribution in [3.05, 3.63) is 47.9 Å². The third-order valence-corrected chi connectivity index (χ3v) is 2.51. The van der Waals surface area contributed by atoms with E-state index in [4.69, 9.17) is 5.73 Å². The van der Waals surface area contributed by atoms with Crippen LogP contribution < -0.4 is 11.1 Å². The summed E-state index contributed by atoms with van der Waals surface area (Å²) in [7, 11) is 1.81. The molecule has 0 aromatic carbocycles. The van der Waals surface area contributed by atoms with Crippen LogP contribution in [0.1, 0.15) is 16.1 Å². The van der Waals surface area contributed by atoms with Gasteiger partial charge in [-0.3, -0.25) is 4.79 Å². The SMILES string of the molecule is Cn1cccc1C(=O)Nc1cc(C#CCN)ccn1. The Morgan fingerprint density at radius 2 is 2.37 bits per heavy atom. The minimum atomic E-state index is -0.205. The largest absolute Gasteiger partial charge is 0.347 e. The highest BCUT2D eigenvalue weighted by Gasteiger charge is 2.09. The van der Waals surface area contributed by atoms with Gasteiger partial charge >= 0.3 is 0 Å². The number of hydrogen-bond donors (Lipinski definition) is 2. The first kappa shape index (κ1) is 12.9. The van der Waals surface area contributed by atoms with Crippen LogP contribution in [0.25, 0.3) is 0 Å². The molecule has 3 N–H and O–H groups in total. The first-order valence-electron chi connectivity index (χ1n) is 5.78. The summed E-state index contributed by atoms with van der Waals surface area (Å²) in [5.41, 5.74) is 6.65. The number of nitrogens with two attached hydrogens (primary N) is 1. The maximum absolute atomic E-state index is 12.0. The molecule has 0 saturated carbocycles. The molecule has 2 aromatic rings. The van der Waals surface area contributed by atoms with Gasteiger partial charge in [0.2, 0.25) is 0 Å². The summed E-state index contributed by atoms with van der Waals surface area (Å²) >= 11 is 0. The Labute approximate surface area is 111 Å². The van der Waals surface area contributed by atoms with Crippen LogP contribution in [0.4, 0.5) is 5.82 Å². The van der Waals surface area contributed by atoms with Crippen LogP contribution in [-0.2, 0) is 7.05 Å². The smallest absolute Gasteiger partial charge is 0.273 e. The number of carbonyl (C=O) groups excluding carboxylic acids is 1. The second-order valence-electron chi connectivity index (χ2n) is 3.89. The molecule has 2 heterocycles. The van der Waals surface area contributed by atoms with E-state index in [9.17, 15) is 4.79 Å². The summed E-state index contributed by atoms with van der Waals surface area (Å²) in [5.74, 6) is 5.91. The lowest BCUT2D eigenvalue weighted by Gasteiger charge is -2.05. The van der Waals surface area contributed by atoms with Gasteiger partial charge in [-0.05, 0) is 24.3 Å². The van der Waals surface area contributed by atoms with Crippen LogP contribution in [0, 0.1) is 11.8 Å². The van der Waals surface area contributed by atoms with Gasteiger partial charge in [0.1, 0.15) is 11.5 Å².